The maximum atomic E-state index is 12.6. The van der Waals surface area contributed by atoms with Crippen LogP contribution in [0, 0.1) is 6.92 Å². The largest absolute Gasteiger partial charge is 0.453 e. The lowest BCUT2D eigenvalue weighted by Gasteiger charge is -2.02. The summed E-state index contributed by atoms with van der Waals surface area (Å²) in [6.45, 7) is 18.7. The number of aryl methyl sites for hydroxylation is 1. The zero-order valence-electron chi connectivity index (χ0n) is 25.9. The molecule has 0 fully saturated rings. The average Bonchev–Trinajstić information content (AvgIpc) is 3.70. The molecule has 1 atom stereocenters. The molecule has 0 saturated carbocycles. The van der Waals surface area contributed by atoms with Gasteiger partial charge in [-0.05, 0) is 69.2 Å². The molecule has 1 unspecified atom stereocenters. The highest BCUT2D eigenvalue weighted by Crippen LogP contribution is 2.25. The number of halogens is 6. The number of hydrogen-bond donors (Lipinski definition) is 0. The number of hydrogen-bond acceptors (Lipinski definition) is 8. The first-order valence-electron chi connectivity index (χ1n) is 13.4. The number of rotatable bonds is 6. The molecule has 4 heterocycles. The van der Waals surface area contributed by atoms with Crippen molar-refractivity contribution < 1.29 is 26.3 Å². The lowest BCUT2D eigenvalue weighted by Crippen LogP contribution is -2.09. The SMILES string of the molecule is CC(C)n1cnc(C(F)(F)F)n1.CC(C)n1cnc(C(F)F)n1.CC(F)c1cn(C(C)C)nn1.Cc1cn(C(C)C)nn1. The topological polar surface area (TPSA) is 123 Å². The molecule has 0 aliphatic rings. The van der Waals surface area contributed by atoms with E-state index >= 15 is 0 Å². The predicted octanol–water partition coefficient (Wildman–Crippen LogP) is 6.73. The van der Waals surface area contributed by atoms with Crippen molar-refractivity contribution in [1.82, 2.24) is 59.5 Å². The Labute approximate surface area is 246 Å². The minimum Gasteiger partial charge on any atom is -0.250 e. The van der Waals surface area contributed by atoms with Gasteiger partial charge in [-0.3, -0.25) is 0 Å². The predicted molar refractivity (Wildman–Crippen MR) is 146 cm³/mol. The first-order valence-corrected chi connectivity index (χ1v) is 13.4. The van der Waals surface area contributed by atoms with Crippen LogP contribution in [0.3, 0.4) is 0 Å². The Morgan fingerprint density at radius 1 is 0.628 bits per heavy atom. The van der Waals surface area contributed by atoms with E-state index in [-0.39, 0.29) is 18.1 Å². The Hall–Kier alpha value is -3.86. The molecule has 4 aromatic heterocycles. The molecule has 18 heteroatoms. The summed E-state index contributed by atoms with van der Waals surface area (Å²) in [7, 11) is 0. The summed E-state index contributed by atoms with van der Waals surface area (Å²) in [5.41, 5.74) is 1.38. The summed E-state index contributed by atoms with van der Waals surface area (Å²) in [6.07, 6.45) is -2.09. The second-order valence-corrected chi connectivity index (χ2v) is 10.4. The van der Waals surface area contributed by atoms with Gasteiger partial charge in [0.1, 0.15) is 24.5 Å². The van der Waals surface area contributed by atoms with Crippen molar-refractivity contribution in [3.05, 3.63) is 48.1 Å². The summed E-state index contributed by atoms with van der Waals surface area (Å²) in [4.78, 5) is 6.57. The van der Waals surface area contributed by atoms with Gasteiger partial charge in [0, 0.05) is 30.4 Å². The van der Waals surface area contributed by atoms with Crippen LogP contribution >= 0.6 is 0 Å². The standard InChI is InChI=1S/C7H12FN3.C6H8F3N3.C6H9F2N3.C6H11N3/c1-5(2)11-4-7(6(3)8)9-10-11;1-4(2)12-3-10-5(11-12)6(7,8)9;1-4(2)11-3-9-6(10-11)5(7)8;1-5(2)9-4-6(3)7-8-9/h4-6H,1-3H3;3-4H,1-2H3;3-5H,1-2H3;4-5H,1-3H3. The van der Waals surface area contributed by atoms with Crippen molar-refractivity contribution in [2.75, 3.05) is 0 Å². The summed E-state index contributed by atoms with van der Waals surface area (Å²) in [5.74, 6) is -1.49. The molecule has 0 saturated heterocycles. The first-order chi connectivity index (χ1) is 19.8. The molecule has 0 spiro atoms. The van der Waals surface area contributed by atoms with Crippen LogP contribution in [-0.4, -0.2) is 59.5 Å². The molecule has 4 rings (SSSR count). The van der Waals surface area contributed by atoms with Crippen molar-refractivity contribution in [2.45, 2.75) is 112 Å². The first kappa shape index (κ1) is 37.2. The smallest absolute Gasteiger partial charge is 0.250 e. The van der Waals surface area contributed by atoms with E-state index in [9.17, 15) is 26.3 Å². The van der Waals surface area contributed by atoms with E-state index in [0.29, 0.717) is 11.7 Å². The lowest BCUT2D eigenvalue weighted by atomic mass is 10.3. The van der Waals surface area contributed by atoms with Gasteiger partial charge in [-0.1, -0.05) is 10.4 Å². The fraction of sp³-hybridized carbons (Fsp3) is 0.680. The molecule has 242 valence electrons. The van der Waals surface area contributed by atoms with Crippen LogP contribution in [0.5, 0.6) is 0 Å². The molecule has 0 bridgehead atoms. The normalized spacial score (nSPS) is 12.2. The van der Waals surface area contributed by atoms with Crippen molar-refractivity contribution in [2.24, 2.45) is 0 Å². The van der Waals surface area contributed by atoms with Crippen LogP contribution in [0.1, 0.15) is 122 Å². The maximum absolute atomic E-state index is 12.6. The van der Waals surface area contributed by atoms with Crippen LogP contribution in [0.2, 0.25) is 0 Å². The van der Waals surface area contributed by atoms with Gasteiger partial charge in [-0.2, -0.15) is 13.2 Å². The van der Waals surface area contributed by atoms with E-state index in [4.69, 9.17) is 0 Å². The number of aromatic nitrogens is 12. The van der Waals surface area contributed by atoms with Crippen LogP contribution in [0.25, 0.3) is 0 Å². The molecule has 0 N–H and O–H groups in total. The van der Waals surface area contributed by atoms with Gasteiger partial charge in [0.05, 0.1) is 11.9 Å². The van der Waals surface area contributed by atoms with Crippen LogP contribution < -0.4 is 0 Å². The summed E-state index contributed by atoms with van der Waals surface area (Å²) < 4.78 is 78.2. The second-order valence-electron chi connectivity index (χ2n) is 10.4. The highest BCUT2D eigenvalue weighted by atomic mass is 19.4. The molecule has 4 aromatic rings. The van der Waals surface area contributed by atoms with Gasteiger partial charge in [-0.15, -0.1) is 20.4 Å². The van der Waals surface area contributed by atoms with Gasteiger partial charge in [-0.25, -0.2) is 41.9 Å². The third-order valence-corrected chi connectivity index (χ3v) is 5.16. The average molecular weight is 623 g/mol. The summed E-state index contributed by atoms with van der Waals surface area (Å²) in [6, 6.07) is 0.643. The van der Waals surface area contributed by atoms with Crippen LogP contribution in [-0.2, 0) is 6.18 Å². The van der Waals surface area contributed by atoms with E-state index in [0.717, 1.165) is 12.0 Å². The molecule has 0 amide bonds. The van der Waals surface area contributed by atoms with Gasteiger partial charge >= 0.3 is 6.18 Å². The Kier molecular flexibility index (Phi) is 14.4. The van der Waals surface area contributed by atoms with Crippen molar-refractivity contribution in [3.8, 4) is 0 Å². The van der Waals surface area contributed by atoms with Gasteiger partial charge in [0.15, 0.2) is 0 Å². The molecule has 0 aromatic carbocycles. The molecular formula is C25H40F6N12. The number of alkyl halides is 6. The van der Waals surface area contributed by atoms with Crippen molar-refractivity contribution in [3.63, 3.8) is 0 Å². The van der Waals surface area contributed by atoms with Crippen molar-refractivity contribution in [1.29, 1.82) is 0 Å². The fourth-order valence-corrected chi connectivity index (χ4v) is 2.63. The summed E-state index contributed by atoms with van der Waals surface area (Å²) >= 11 is 0. The molecule has 0 aliphatic carbocycles. The molecule has 43 heavy (non-hydrogen) atoms. The van der Waals surface area contributed by atoms with E-state index < -0.39 is 30.4 Å². The zero-order valence-corrected chi connectivity index (χ0v) is 25.9. The number of nitrogens with zero attached hydrogens (tertiary/aromatic N) is 12. The molecule has 12 nitrogen and oxygen atoms in total. The highest BCUT2D eigenvalue weighted by molar-refractivity contribution is 4.96. The molecule has 0 radical (unpaired) electrons. The van der Waals surface area contributed by atoms with E-state index in [1.165, 1.54) is 22.6 Å². The third kappa shape index (κ3) is 12.9. The van der Waals surface area contributed by atoms with E-state index in [2.05, 4.69) is 54.6 Å². The molecular weight excluding hydrogens is 582 g/mol. The second kappa shape index (κ2) is 16.7. The third-order valence-electron chi connectivity index (χ3n) is 5.16. The van der Waals surface area contributed by atoms with Gasteiger partial charge in [0.25, 0.3) is 12.2 Å². The Bertz CT molecular complexity index is 1220. The van der Waals surface area contributed by atoms with Crippen LogP contribution in [0.15, 0.2) is 25.0 Å². The van der Waals surface area contributed by atoms with Gasteiger partial charge in [0.2, 0.25) is 5.82 Å². The van der Waals surface area contributed by atoms with E-state index in [1.807, 2.05) is 45.5 Å². The zero-order chi connectivity index (χ0) is 33.1. The Morgan fingerprint density at radius 3 is 1.35 bits per heavy atom. The minimum atomic E-state index is -4.44. The Morgan fingerprint density at radius 2 is 1.09 bits per heavy atom. The van der Waals surface area contributed by atoms with E-state index in [1.54, 1.807) is 24.7 Å². The summed E-state index contributed by atoms with van der Waals surface area (Å²) in [5, 5.41) is 22.0. The monoisotopic (exact) mass is 622 g/mol. The van der Waals surface area contributed by atoms with Crippen molar-refractivity contribution >= 4 is 0 Å². The van der Waals surface area contributed by atoms with Crippen LogP contribution in [0.4, 0.5) is 26.3 Å². The fourth-order valence-electron chi connectivity index (χ4n) is 2.63. The maximum Gasteiger partial charge on any atom is 0.453 e. The highest BCUT2D eigenvalue weighted by Gasteiger charge is 2.35. The lowest BCUT2D eigenvalue weighted by molar-refractivity contribution is -0.145. The minimum absolute atomic E-state index is 0.0787. The Balaban J connectivity index is 0.000000288. The molecule has 0 aliphatic heterocycles. The van der Waals surface area contributed by atoms with Gasteiger partial charge < -0.3 is 0 Å². The quantitative estimate of drug-likeness (QED) is 0.217.